The standard InChI is InChI=1S/C17H16N4O/c22-17(19-13-14-7-10-18-11-8-14)16(21-12-4-9-20-21)15-5-2-1-3-6-15/h1-12,16H,13H2,(H,19,22)/t16-/m1/s1. The first-order valence-electron chi connectivity index (χ1n) is 7.05. The Labute approximate surface area is 128 Å². The summed E-state index contributed by atoms with van der Waals surface area (Å²) in [4.78, 5) is 16.6. The van der Waals surface area contributed by atoms with Crippen molar-refractivity contribution < 1.29 is 4.79 Å². The van der Waals surface area contributed by atoms with Crippen molar-refractivity contribution in [2.45, 2.75) is 12.6 Å². The molecule has 3 aromatic rings. The lowest BCUT2D eigenvalue weighted by atomic mass is 10.1. The predicted molar refractivity (Wildman–Crippen MR) is 82.9 cm³/mol. The van der Waals surface area contributed by atoms with Crippen LogP contribution in [0.1, 0.15) is 17.2 Å². The minimum atomic E-state index is -0.474. The van der Waals surface area contributed by atoms with Gasteiger partial charge in [0.05, 0.1) is 0 Å². The van der Waals surface area contributed by atoms with E-state index in [2.05, 4.69) is 15.4 Å². The SMILES string of the molecule is O=C(NCc1ccncc1)[C@@H](c1ccccc1)n1cccn1. The van der Waals surface area contributed by atoms with Gasteiger partial charge < -0.3 is 5.32 Å². The first-order valence-corrected chi connectivity index (χ1v) is 7.05. The number of amides is 1. The van der Waals surface area contributed by atoms with Crippen LogP contribution in [0.2, 0.25) is 0 Å². The second-order valence-corrected chi connectivity index (χ2v) is 4.87. The molecule has 2 aromatic heterocycles. The van der Waals surface area contributed by atoms with Crippen molar-refractivity contribution in [1.82, 2.24) is 20.1 Å². The molecule has 1 atom stereocenters. The molecule has 0 bridgehead atoms. The molecule has 0 aliphatic carbocycles. The molecule has 1 amide bonds. The lowest BCUT2D eigenvalue weighted by Gasteiger charge is -2.18. The molecule has 5 nitrogen and oxygen atoms in total. The molecule has 0 aliphatic heterocycles. The van der Waals surface area contributed by atoms with Gasteiger partial charge in [-0.05, 0) is 29.3 Å². The van der Waals surface area contributed by atoms with Crippen LogP contribution >= 0.6 is 0 Å². The summed E-state index contributed by atoms with van der Waals surface area (Å²) in [7, 11) is 0. The highest BCUT2D eigenvalue weighted by Gasteiger charge is 2.22. The van der Waals surface area contributed by atoms with Gasteiger partial charge in [0.15, 0.2) is 6.04 Å². The van der Waals surface area contributed by atoms with Crippen molar-refractivity contribution in [1.29, 1.82) is 0 Å². The lowest BCUT2D eigenvalue weighted by molar-refractivity contribution is -0.123. The fourth-order valence-electron chi connectivity index (χ4n) is 2.28. The van der Waals surface area contributed by atoms with Gasteiger partial charge in [0.1, 0.15) is 0 Å². The highest BCUT2D eigenvalue weighted by Crippen LogP contribution is 2.17. The van der Waals surface area contributed by atoms with Crippen LogP contribution < -0.4 is 5.32 Å². The van der Waals surface area contributed by atoms with Gasteiger partial charge in [-0.1, -0.05) is 30.3 Å². The van der Waals surface area contributed by atoms with Gasteiger partial charge in [0.2, 0.25) is 5.91 Å². The number of benzene rings is 1. The Hall–Kier alpha value is -2.95. The van der Waals surface area contributed by atoms with Crippen molar-refractivity contribution in [3.63, 3.8) is 0 Å². The molecule has 0 unspecified atom stereocenters. The summed E-state index contributed by atoms with van der Waals surface area (Å²) < 4.78 is 1.66. The highest BCUT2D eigenvalue weighted by molar-refractivity contribution is 5.83. The van der Waals surface area contributed by atoms with Crippen LogP contribution in [0.15, 0.2) is 73.3 Å². The summed E-state index contributed by atoms with van der Waals surface area (Å²) in [6, 6.07) is 14.7. The first-order chi connectivity index (χ1) is 10.8. The molecule has 0 spiro atoms. The summed E-state index contributed by atoms with van der Waals surface area (Å²) in [6.07, 6.45) is 6.89. The van der Waals surface area contributed by atoms with E-state index in [4.69, 9.17) is 0 Å². The van der Waals surface area contributed by atoms with Gasteiger partial charge in [-0.3, -0.25) is 14.5 Å². The number of pyridine rings is 1. The topological polar surface area (TPSA) is 59.8 Å². The minimum absolute atomic E-state index is 0.0910. The molecule has 3 rings (SSSR count). The smallest absolute Gasteiger partial charge is 0.249 e. The van der Waals surface area contributed by atoms with Gasteiger partial charge in [0.25, 0.3) is 0 Å². The van der Waals surface area contributed by atoms with E-state index in [-0.39, 0.29) is 5.91 Å². The van der Waals surface area contributed by atoms with E-state index in [1.165, 1.54) is 0 Å². The average molecular weight is 292 g/mol. The Kier molecular flexibility index (Phi) is 4.25. The molecule has 1 N–H and O–H groups in total. The Bertz CT molecular complexity index is 711. The molecule has 110 valence electrons. The molecule has 0 fully saturated rings. The van der Waals surface area contributed by atoms with E-state index in [1.54, 1.807) is 29.5 Å². The molecule has 0 saturated carbocycles. The Morgan fingerprint density at radius 3 is 2.50 bits per heavy atom. The maximum atomic E-state index is 12.6. The van der Waals surface area contributed by atoms with Gasteiger partial charge in [-0.15, -0.1) is 0 Å². The quantitative estimate of drug-likeness (QED) is 0.784. The lowest BCUT2D eigenvalue weighted by Crippen LogP contribution is -2.33. The Morgan fingerprint density at radius 1 is 1.05 bits per heavy atom. The van der Waals surface area contributed by atoms with Crippen molar-refractivity contribution in [3.05, 3.63) is 84.4 Å². The van der Waals surface area contributed by atoms with Crippen molar-refractivity contribution in [2.24, 2.45) is 0 Å². The Balaban J connectivity index is 1.79. The molecule has 22 heavy (non-hydrogen) atoms. The third kappa shape index (κ3) is 3.20. The van der Waals surface area contributed by atoms with Gasteiger partial charge >= 0.3 is 0 Å². The van der Waals surface area contributed by atoms with E-state index in [9.17, 15) is 4.79 Å². The van der Waals surface area contributed by atoms with E-state index in [0.29, 0.717) is 6.54 Å². The first kappa shape index (κ1) is 14.0. The van der Waals surface area contributed by atoms with Crippen molar-refractivity contribution >= 4 is 5.91 Å². The number of hydrogen-bond acceptors (Lipinski definition) is 3. The monoisotopic (exact) mass is 292 g/mol. The molecule has 0 aliphatic rings. The summed E-state index contributed by atoms with van der Waals surface area (Å²) in [5.74, 6) is -0.0910. The maximum Gasteiger partial charge on any atom is 0.249 e. The van der Waals surface area contributed by atoms with Crippen LogP contribution in [-0.2, 0) is 11.3 Å². The summed E-state index contributed by atoms with van der Waals surface area (Å²) in [5.41, 5.74) is 1.91. The van der Waals surface area contributed by atoms with Crippen molar-refractivity contribution in [3.8, 4) is 0 Å². The molecular formula is C17H16N4O. The highest BCUT2D eigenvalue weighted by atomic mass is 16.2. The van der Waals surface area contributed by atoms with Gasteiger partial charge in [-0.2, -0.15) is 5.10 Å². The molecular weight excluding hydrogens is 276 g/mol. The van der Waals surface area contributed by atoms with Crippen LogP contribution in [0.25, 0.3) is 0 Å². The van der Waals surface area contributed by atoms with Crippen LogP contribution in [0.4, 0.5) is 0 Å². The largest absolute Gasteiger partial charge is 0.350 e. The molecule has 1 aromatic carbocycles. The molecule has 0 radical (unpaired) electrons. The van der Waals surface area contributed by atoms with Gasteiger partial charge in [-0.25, -0.2) is 0 Å². The van der Waals surface area contributed by atoms with E-state index >= 15 is 0 Å². The van der Waals surface area contributed by atoms with Crippen LogP contribution in [-0.4, -0.2) is 20.7 Å². The normalized spacial score (nSPS) is 11.8. The number of carbonyl (C=O) groups excluding carboxylic acids is 1. The summed E-state index contributed by atoms with van der Waals surface area (Å²) in [6.45, 7) is 0.464. The van der Waals surface area contributed by atoms with E-state index < -0.39 is 6.04 Å². The minimum Gasteiger partial charge on any atom is -0.350 e. The number of nitrogens with zero attached hydrogens (tertiary/aromatic N) is 3. The summed E-state index contributed by atoms with van der Waals surface area (Å²) in [5, 5.41) is 7.17. The number of aromatic nitrogens is 3. The zero-order valence-corrected chi connectivity index (χ0v) is 12.0. The second-order valence-electron chi connectivity index (χ2n) is 4.87. The zero-order valence-electron chi connectivity index (χ0n) is 12.0. The van der Waals surface area contributed by atoms with E-state index in [1.807, 2.05) is 48.5 Å². The molecule has 0 saturated heterocycles. The Morgan fingerprint density at radius 2 is 1.82 bits per heavy atom. The fourth-order valence-corrected chi connectivity index (χ4v) is 2.28. The third-order valence-corrected chi connectivity index (χ3v) is 3.37. The maximum absolute atomic E-state index is 12.6. The summed E-state index contributed by atoms with van der Waals surface area (Å²) >= 11 is 0. The third-order valence-electron chi connectivity index (χ3n) is 3.37. The number of nitrogens with one attached hydrogen (secondary N) is 1. The van der Waals surface area contributed by atoms with Gasteiger partial charge in [0, 0.05) is 31.3 Å². The van der Waals surface area contributed by atoms with Crippen LogP contribution in [0, 0.1) is 0 Å². The zero-order chi connectivity index (χ0) is 15.2. The fraction of sp³-hybridized carbons (Fsp3) is 0.118. The molecule has 5 heteroatoms. The average Bonchev–Trinajstić information content (AvgIpc) is 3.09. The number of rotatable bonds is 5. The van der Waals surface area contributed by atoms with Crippen molar-refractivity contribution in [2.75, 3.05) is 0 Å². The van der Waals surface area contributed by atoms with E-state index in [0.717, 1.165) is 11.1 Å². The molecule has 2 heterocycles. The number of hydrogen-bond donors (Lipinski definition) is 1. The van der Waals surface area contributed by atoms with Crippen LogP contribution in [0.5, 0.6) is 0 Å². The predicted octanol–water partition coefficient (Wildman–Crippen LogP) is 2.18. The second kappa shape index (κ2) is 6.67. The number of carbonyl (C=O) groups is 1. The van der Waals surface area contributed by atoms with Crippen LogP contribution in [0.3, 0.4) is 0 Å².